The van der Waals surface area contributed by atoms with Crippen LogP contribution in [0.25, 0.3) is 0 Å². The van der Waals surface area contributed by atoms with E-state index >= 15 is 0 Å². The SMILES string of the molecule is CCN(CC)S(=O)(=O)c1ccc(C(=O)NCC(=O)OCc2c(C)noc2C)cc1. The minimum absolute atomic E-state index is 0.00772. The third kappa shape index (κ3) is 5.42. The van der Waals surface area contributed by atoms with Crippen molar-refractivity contribution in [1.29, 1.82) is 0 Å². The molecule has 0 saturated carbocycles. The monoisotopic (exact) mass is 423 g/mol. The number of hydrogen-bond acceptors (Lipinski definition) is 7. The van der Waals surface area contributed by atoms with Gasteiger partial charge in [0.2, 0.25) is 10.0 Å². The number of aryl methyl sites for hydroxylation is 2. The maximum atomic E-state index is 12.5. The molecule has 0 aliphatic rings. The summed E-state index contributed by atoms with van der Waals surface area (Å²) in [7, 11) is -3.59. The van der Waals surface area contributed by atoms with Crippen molar-refractivity contribution in [1.82, 2.24) is 14.8 Å². The molecule has 0 unspecified atom stereocenters. The lowest BCUT2D eigenvalue weighted by atomic mass is 10.2. The number of nitrogens with one attached hydrogen (secondary N) is 1. The van der Waals surface area contributed by atoms with Gasteiger partial charge in [-0.25, -0.2) is 8.42 Å². The summed E-state index contributed by atoms with van der Waals surface area (Å²) in [5.41, 5.74) is 1.57. The van der Waals surface area contributed by atoms with Gasteiger partial charge < -0.3 is 14.6 Å². The summed E-state index contributed by atoms with van der Waals surface area (Å²) in [6, 6.07) is 5.55. The van der Waals surface area contributed by atoms with Crippen LogP contribution in [0.15, 0.2) is 33.7 Å². The molecule has 1 heterocycles. The van der Waals surface area contributed by atoms with Crippen molar-refractivity contribution in [2.45, 2.75) is 39.2 Å². The number of carbonyl (C=O) groups is 2. The van der Waals surface area contributed by atoms with Gasteiger partial charge in [0.1, 0.15) is 18.9 Å². The van der Waals surface area contributed by atoms with Gasteiger partial charge >= 0.3 is 5.97 Å². The van der Waals surface area contributed by atoms with E-state index in [4.69, 9.17) is 9.26 Å². The molecule has 1 N–H and O–H groups in total. The zero-order chi connectivity index (χ0) is 21.6. The third-order valence-corrected chi connectivity index (χ3v) is 6.48. The largest absolute Gasteiger partial charge is 0.459 e. The van der Waals surface area contributed by atoms with E-state index in [0.29, 0.717) is 30.1 Å². The van der Waals surface area contributed by atoms with Crippen LogP contribution in [-0.2, 0) is 26.2 Å². The Morgan fingerprint density at radius 1 is 1.14 bits per heavy atom. The lowest BCUT2D eigenvalue weighted by Gasteiger charge is -2.18. The second-order valence-electron chi connectivity index (χ2n) is 6.26. The Bertz CT molecular complexity index is 943. The lowest BCUT2D eigenvalue weighted by molar-refractivity contribution is -0.143. The second-order valence-corrected chi connectivity index (χ2v) is 8.20. The summed E-state index contributed by atoms with van der Waals surface area (Å²) < 4.78 is 36.4. The molecule has 1 aromatic carbocycles. The molecule has 0 bridgehead atoms. The zero-order valence-electron chi connectivity index (χ0n) is 16.9. The first-order valence-corrected chi connectivity index (χ1v) is 10.6. The Morgan fingerprint density at radius 2 is 1.76 bits per heavy atom. The van der Waals surface area contributed by atoms with Gasteiger partial charge in [-0.15, -0.1) is 0 Å². The summed E-state index contributed by atoms with van der Waals surface area (Å²) in [5, 5.41) is 6.22. The molecule has 1 aromatic heterocycles. The molecule has 158 valence electrons. The van der Waals surface area contributed by atoms with Crippen LogP contribution >= 0.6 is 0 Å². The average Bonchev–Trinajstić information content (AvgIpc) is 3.02. The highest BCUT2D eigenvalue weighted by Gasteiger charge is 2.21. The van der Waals surface area contributed by atoms with Crippen LogP contribution in [0.4, 0.5) is 0 Å². The predicted octanol–water partition coefficient (Wildman–Crippen LogP) is 1.80. The fraction of sp³-hybridized carbons (Fsp3) is 0.421. The Balaban J connectivity index is 1.91. The van der Waals surface area contributed by atoms with Gasteiger partial charge in [0, 0.05) is 18.7 Å². The quantitative estimate of drug-likeness (QED) is 0.611. The molecule has 9 nitrogen and oxygen atoms in total. The first-order valence-electron chi connectivity index (χ1n) is 9.16. The summed E-state index contributed by atoms with van der Waals surface area (Å²) >= 11 is 0. The van der Waals surface area contributed by atoms with E-state index in [1.807, 2.05) is 0 Å². The van der Waals surface area contributed by atoms with Gasteiger partial charge in [0.05, 0.1) is 16.2 Å². The topological polar surface area (TPSA) is 119 Å². The van der Waals surface area contributed by atoms with Crippen LogP contribution in [-0.4, -0.2) is 49.4 Å². The molecule has 0 spiro atoms. The predicted molar refractivity (Wildman–Crippen MR) is 105 cm³/mol. The Morgan fingerprint density at radius 3 is 2.28 bits per heavy atom. The molecule has 0 aliphatic heterocycles. The lowest BCUT2D eigenvalue weighted by Crippen LogP contribution is -2.31. The standard InChI is InChI=1S/C19H25N3O6S/c1-5-22(6-2)29(25,26)16-9-7-15(8-10-16)19(24)20-11-18(23)27-12-17-13(3)21-28-14(17)4/h7-10H,5-6,11-12H2,1-4H3,(H,20,24). The van der Waals surface area contributed by atoms with Crippen molar-refractivity contribution in [3.05, 3.63) is 46.8 Å². The molecule has 0 radical (unpaired) electrons. The summed E-state index contributed by atoms with van der Waals surface area (Å²) in [6.07, 6.45) is 0. The molecular weight excluding hydrogens is 398 g/mol. The van der Waals surface area contributed by atoms with Gasteiger partial charge in [0.25, 0.3) is 5.91 Å². The number of hydrogen-bond donors (Lipinski definition) is 1. The molecule has 10 heteroatoms. The van der Waals surface area contributed by atoms with E-state index in [2.05, 4.69) is 10.5 Å². The molecule has 0 fully saturated rings. The summed E-state index contributed by atoms with van der Waals surface area (Å²) in [6.45, 7) is 7.38. The number of rotatable bonds is 9. The maximum absolute atomic E-state index is 12.5. The van der Waals surface area contributed by atoms with E-state index in [0.717, 1.165) is 0 Å². The number of ether oxygens (including phenoxy) is 1. The van der Waals surface area contributed by atoms with E-state index in [1.165, 1.54) is 28.6 Å². The molecule has 0 saturated heterocycles. The van der Waals surface area contributed by atoms with Crippen molar-refractivity contribution in [3.8, 4) is 0 Å². The first-order chi connectivity index (χ1) is 13.7. The Kier molecular flexibility index (Phi) is 7.52. The number of amides is 1. The maximum Gasteiger partial charge on any atom is 0.325 e. The fourth-order valence-corrected chi connectivity index (χ4v) is 4.12. The normalized spacial score (nSPS) is 11.5. The van der Waals surface area contributed by atoms with Crippen molar-refractivity contribution in [2.75, 3.05) is 19.6 Å². The number of nitrogens with zero attached hydrogens (tertiary/aromatic N) is 2. The highest BCUT2D eigenvalue weighted by Crippen LogP contribution is 2.16. The van der Waals surface area contributed by atoms with E-state index in [1.54, 1.807) is 27.7 Å². The van der Waals surface area contributed by atoms with Crippen LogP contribution in [0.3, 0.4) is 0 Å². The van der Waals surface area contributed by atoms with Crippen LogP contribution < -0.4 is 5.32 Å². The van der Waals surface area contributed by atoms with E-state index in [-0.39, 0.29) is 23.6 Å². The van der Waals surface area contributed by atoms with Crippen molar-refractivity contribution < 1.29 is 27.3 Å². The van der Waals surface area contributed by atoms with Crippen LogP contribution in [0, 0.1) is 13.8 Å². The van der Waals surface area contributed by atoms with Crippen molar-refractivity contribution in [3.63, 3.8) is 0 Å². The zero-order valence-corrected chi connectivity index (χ0v) is 17.7. The smallest absolute Gasteiger partial charge is 0.325 e. The van der Waals surface area contributed by atoms with Crippen LogP contribution in [0.2, 0.25) is 0 Å². The molecule has 0 aliphatic carbocycles. The number of carbonyl (C=O) groups excluding carboxylic acids is 2. The molecule has 0 atom stereocenters. The van der Waals surface area contributed by atoms with Gasteiger partial charge in [-0.2, -0.15) is 4.31 Å². The number of esters is 1. The van der Waals surface area contributed by atoms with Gasteiger partial charge in [-0.05, 0) is 38.1 Å². The van der Waals surface area contributed by atoms with Gasteiger partial charge in [-0.3, -0.25) is 9.59 Å². The highest BCUT2D eigenvalue weighted by molar-refractivity contribution is 7.89. The van der Waals surface area contributed by atoms with Crippen LogP contribution in [0.1, 0.15) is 41.2 Å². The third-order valence-electron chi connectivity index (χ3n) is 4.41. The minimum Gasteiger partial charge on any atom is -0.459 e. The van der Waals surface area contributed by atoms with E-state index in [9.17, 15) is 18.0 Å². The first kappa shape index (κ1) is 22.6. The fourth-order valence-electron chi connectivity index (χ4n) is 2.66. The summed E-state index contributed by atoms with van der Waals surface area (Å²) in [5.74, 6) is -0.552. The van der Waals surface area contributed by atoms with Gasteiger partial charge in [0.15, 0.2) is 0 Å². The highest BCUT2D eigenvalue weighted by atomic mass is 32.2. The van der Waals surface area contributed by atoms with Crippen LogP contribution in [0.5, 0.6) is 0 Å². The summed E-state index contributed by atoms with van der Waals surface area (Å²) in [4.78, 5) is 24.2. The van der Waals surface area contributed by atoms with Gasteiger partial charge in [-0.1, -0.05) is 19.0 Å². The molecule has 2 aromatic rings. The van der Waals surface area contributed by atoms with E-state index < -0.39 is 21.9 Å². The number of benzene rings is 1. The van der Waals surface area contributed by atoms with Crippen molar-refractivity contribution in [2.24, 2.45) is 0 Å². The minimum atomic E-state index is -3.59. The number of aromatic nitrogens is 1. The number of sulfonamides is 1. The Labute approximate surface area is 170 Å². The second kappa shape index (κ2) is 9.66. The molecular formula is C19H25N3O6S. The molecule has 1 amide bonds. The Hall–Kier alpha value is -2.72. The molecule has 29 heavy (non-hydrogen) atoms. The molecule has 2 rings (SSSR count). The average molecular weight is 423 g/mol. The van der Waals surface area contributed by atoms with Crippen molar-refractivity contribution >= 4 is 21.9 Å².